The Labute approximate surface area is 121 Å². The van der Waals surface area contributed by atoms with Crippen LogP contribution < -0.4 is 4.74 Å². The molecule has 0 saturated heterocycles. The minimum absolute atomic E-state index is 0.132. The lowest BCUT2D eigenvalue weighted by atomic mass is 9.82. The average molecular weight is 278 g/mol. The van der Waals surface area contributed by atoms with E-state index in [1.807, 2.05) is 19.1 Å². The molecule has 1 aromatic carbocycles. The van der Waals surface area contributed by atoms with E-state index in [2.05, 4.69) is 26.8 Å². The van der Waals surface area contributed by atoms with Gasteiger partial charge in [-0.25, -0.2) is 0 Å². The lowest BCUT2D eigenvalue weighted by Crippen LogP contribution is -2.35. The molecule has 0 spiro atoms. The second-order valence-electron chi connectivity index (χ2n) is 6.47. The van der Waals surface area contributed by atoms with Crippen molar-refractivity contribution in [1.82, 2.24) is 0 Å². The van der Waals surface area contributed by atoms with Crippen molar-refractivity contribution in [3.8, 4) is 5.75 Å². The summed E-state index contributed by atoms with van der Waals surface area (Å²) in [6.45, 7) is 9.55. The number of aliphatic hydroxyl groups excluding tert-OH is 1. The zero-order valence-electron chi connectivity index (χ0n) is 13.0. The van der Waals surface area contributed by atoms with Crippen molar-refractivity contribution in [3.63, 3.8) is 0 Å². The van der Waals surface area contributed by atoms with Crippen LogP contribution in [0.3, 0.4) is 0 Å². The number of hydrogen-bond acceptors (Lipinski definition) is 3. The lowest BCUT2D eigenvalue weighted by Gasteiger charge is -2.35. The number of ether oxygens (including phenoxy) is 2. The number of fused-ring (bicyclic) bond motifs is 1. The van der Waals surface area contributed by atoms with Crippen LogP contribution >= 0.6 is 0 Å². The first kappa shape index (κ1) is 15.3. The molecule has 3 nitrogen and oxygen atoms in total. The summed E-state index contributed by atoms with van der Waals surface area (Å²) in [5, 5.41) is 10.8. The Morgan fingerprint density at radius 2 is 2.10 bits per heavy atom. The maximum atomic E-state index is 10.8. The first-order valence-corrected chi connectivity index (χ1v) is 7.49. The molecule has 0 fully saturated rings. The van der Waals surface area contributed by atoms with Crippen LogP contribution in [0.1, 0.15) is 51.3 Å². The van der Waals surface area contributed by atoms with Crippen LogP contribution in [0.4, 0.5) is 0 Å². The number of hydrogen-bond donors (Lipinski definition) is 1. The van der Waals surface area contributed by atoms with E-state index in [1.54, 1.807) is 0 Å². The van der Waals surface area contributed by atoms with Gasteiger partial charge in [0.1, 0.15) is 11.9 Å². The van der Waals surface area contributed by atoms with Gasteiger partial charge in [0.25, 0.3) is 0 Å². The lowest BCUT2D eigenvalue weighted by molar-refractivity contribution is -0.0906. The largest absolute Gasteiger partial charge is 0.493 e. The van der Waals surface area contributed by atoms with Gasteiger partial charge in [0, 0.05) is 12.2 Å². The molecule has 1 aliphatic rings. The molecule has 112 valence electrons. The predicted octanol–water partition coefficient (Wildman–Crippen LogP) is 3.50. The average Bonchev–Trinajstić information content (AvgIpc) is 2.42. The van der Waals surface area contributed by atoms with Crippen molar-refractivity contribution in [1.29, 1.82) is 0 Å². The van der Waals surface area contributed by atoms with Crippen molar-refractivity contribution < 1.29 is 14.6 Å². The molecule has 0 amide bonds. The Hall–Kier alpha value is -1.06. The van der Waals surface area contributed by atoms with Crippen molar-refractivity contribution in [2.24, 2.45) is 5.41 Å². The summed E-state index contributed by atoms with van der Waals surface area (Å²) >= 11 is 0. The predicted molar refractivity (Wildman–Crippen MR) is 80.1 cm³/mol. The van der Waals surface area contributed by atoms with Crippen LogP contribution in [0, 0.1) is 5.41 Å². The van der Waals surface area contributed by atoms with E-state index in [9.17, 15) is 5.11 Å². The monoisotopic (exact) mass is 278 g/mol. The molecule has 1 aliphatic heterocycles. The summed E-state index contributed by atoms with van der Waals surface area (Å²) < 4.78 is 11.6. The van der Waals surface area contributed by atoms with Crippen LogP contribution in [0.5, 0.6) is 5.75 Å². The molecule has 0 saturated carbocycles. The van der Waals surface area contributed by atoms with Crippen LogP contribution in [-0.2, 0) is 11.2 Å². The van der Waals surface area contributed by atoms with E-state index < -0.39 is 6.10 Å². The van der Waals surface area contributed by atoms with E-state index in [0.717, 1.165) is 30.8 Å². The summed E-state index contributed by atoms with van der Waals surface area (Å²) in [4.78, 5) is 0. The van der Waals surface area contributed by atoms with Crippen LogP contribution in [0.15, 0.2) is 18.2 Å². The highest BCUT2D eigenvalue weighted by Crippen LogP contribution is 2.39. The van der Waals surface area contributed by atoms with Gasteiger partial charge in [0.05, 0.1) is 12.7 Å². The molecular weight excluding hydrogens is 252 g/mol. The number of rotatable bonds is 4. The molecule has 1 heterocycles. The molecule has 0 aliphatic carbocycles. The van der Waals surface area contributed by atoms with Gasteiger partial charge in [-0.2, -0.15) is 0 Å². The molecule has 0 aromatic heterocycles. The maximum absolute atomic E-state index is 10.8. The van der Waals surface area contributed by atoms with E-state index in [1.165, 1.54) is 5.56 Å². The third-order valence-corrected chi connectivity index (χ3v) is 3.77. The van der Waals surface area contributed by atoms with Crippen LogP contribution in [-0.4, -0.2) is 24.4 Å². The normalized spacial score (nSPS) is 18.1. The second-order valence-corrected chi connectivity index (χ2v) is 6.47. The van der Waals surface area contributed by atoms with Gasteiger partial charge in [-0.15, -0.1) is 0 Å². The highest BCUT2D eigenvalue weighted by atomic mass is 16.5. The van der Waals surface area contributed by atoms with Gasteiger partial charge in [0.2, 0.25) is 0 Å². The van der Waals surface area contributed by atoms with Gasteiger partial charge in [-0.05, 0) is 30.7 Å². The minimum Gasteiger partial charge on any atom is -0.493 e. The Balaban J connectivity index is 2.34. The Bertz CT molecular complexity index is 448. The highest BCUT2D eigenvalue weighted by Gasteiger charge is 2.35. The standard InChI is InChI=1S/C17H26O3/c1-5-19-16(17(2,3)4)14(18)13-10-6-8-12-9-7-11-20-15(12)13/h6,8,10,14,16,18H,5,7,9,11H2,1-4H3. The maximum Gasteiger partial charge on any atom is 0.128 e. The third-order valence-electron chi connectivity index (χ3n) is 3.77. The molecule has 2 rings (SSSR count). The summed E-state index contributed by atoms with van der Waals surface area (Å²) in [6.07, 6.45) is 1.15. The third kappa shape index (κ3) is 3.15. The van der Waals surface area contributed by atoms with Crippen molar-refractivity contribution in [3.05, 3.63) is 29.3 Å². The Morgan fingerprint density at radius 3 is 2.75 bits per heavy atom. The van der Waals surface area contributed by atoms with Gasteiger partial charge < -0.3 is 14.6 Å². The van der Waals surface area contributed by atoms with E-state index in [0.29, 0.717) is 6.61 Å². The van der Waals surface area contributed by atoms with Gasteiger partial charge in [-0.1, -0.05) is 39.0 Å². The minimum atomic E-state index is -0.664. The molecule has 3 heteroatoms. The van der Waals surface area contributed by atoms with Crippen LogP contribution in [0.2, 0.25) is 0 Å². The molecule has 1 aromatic rings. The molecule has 2 atom stereocenters. The molecule has 20 heavy (non-hydrogen) atoms. The van der Waals surface area contributed by atoms with Crippen LogP contribution in [0.25, 0.3) is 0 Å². The Morgan fingerprint density at radius 1 is 1.35 bits per heavy atom. The summed E-state index contributed by atoms with van der Waals surface area (Å²) in [5.41, 5.74) is 1.92. The van der Waals surface area contributed by atoms with Crippen molar-refractivity contribution >= 4 is 0 Å². The first-order valence-electron chi connectivity index (χ1n) is 7.49. The van der Waals surface area contributed by atoms with Crippen molar-refractivity contribution in [2.75, 3.05) is 13.2 Å². The second kappa shape index (κ2) is 6.15. The number of aryl methyl sites for hydroxylation is 1. The number of benzene rings is 1. The fraction of sp³-hybridized carbons (Fsp3) is 0.647. The number of para-hydroxylation sites is 1. The quantitative estimate of drug-likeness (QED) is 0.916. The van der Waals surface area contributed by atoms with Gasteiger partial charge >= 0.3 is 0 Å². The summed E-state index contributed by atoms with van der Waals surface area (Å²) in [7, 11) is 0. The zero-order valence-corrected chi connectivity index (χ0v) is 13.0. The number of aliphatic hydroxyl groups is 1. The SMILES string of the molecule is CCOC(C(O)c1cccc2c1OCCC2)C(C)(C)C. The topological polar surface area (TPSA) is 38.7 Å². The first-order chi connectivity index (χ1) is 9.45. The zero-order chi connectivity index (χ0) is 14.8. The summed E-state index contributed by atoms with van der Waals surface area (Å²) in [6, 6.07) is 6.03. The van der Waals surface area contributed by atoms with E-state index >= 15 is 0 Å². The molecule has 0 radical (unpaired) electrons. The smallest absolute Gasteiger partial charge is 0.128 e. The molecule has 0 bridgehead atoms. The van der Waals surface area contributed by atoms with E-state index in [4.69, 9.17) is 9.47 Å². The Kier molecular flexibility index (Phi) is 4.71. The highest BCUT2D eigenvalue weighted by molar-refractivity contribution is 5.44. The fourth-order valence-corrected chi connectivity index (χ4v) is 2.80. The molecule has 2 unspecified atom stereocenters. The van der Waals surface area contributed by atoms with Gasteiger partial charge in [0.15, 0.2) is 0 Å². The molecular formula is C17H26O3. The fourth-order valence-electron chi connectivity index (χ4n) is 2.80. The van der Waals surface area contributed by atoms with Gasteiger partial charge in [-0.3, -0.25) is 0 Å². The molecule has 1 N–H and O–H groups in total. The van der Waals surface area contributed by atoms with E-state index in [-0.39, 0.29) is 11.5 Å². The summed E-state index contributed by atoms with van der Waals surface area (Å²) in [5.74, 6) is 0.861. The van der Waals surface area contributed by atoms with Crippen molar-refractivity contribution in [2.45, 2.75) is 52.7 Å².